The number of nitrogens with zero attached hydrogens (tertiary/aromatic N) is 1. The van der Waals surface area contributed by atoms with E-state index in [0.29, 0.717) is 0 Å². The lowest BCUT2D eigenvalue weighted by Gasteiger charge is -2.35. The van der Waals surface area contributed by atoms with Crippen LogP contribution < -0.4 is 4.90 Å². The molecule has 0 N–H and O–H groups in total. The van der Waals surface area contributed by atoms with Crippen LogP contribution in [0.4, 0.5) is 17.1 Å². The molecule has 0 aromatic heterocycles. The summed E-state index contributed by atoms with van der Waals surface area (Å²) >= 11 is 0. The molecule has 11 aromatic carbocycles. The van der Waals surface area contributed by atoms with E-state index in [1.165, 1.54) is 106 Å². The molecular formula is C69H47N. The van der Waals surface area contributed by atoms with Crippen molar-refractivity contribution in [1.29, 1.82) is 0 Å². The number of fused-ring (bicyclic) bond motifs is 13. The van der Waals surface area contributed by atoms with Gasteiger partial charge in [-0.2, -0.15) is 0 Å². The van der Waals surface area contributed by atoms with Crippen molar-refractivity contribution in [2.45, 2.75) is 17.8 Å². The van der Waals surface area contributed by atoms with Crippen LogP contribution in [0.5, 0.6) is 0 Å². The van der Waals surface area contributed by atoms with Crippen molar-refractivity contribution in [2.75, 3.05) is 4.90 Å². The van der Waals surface area contributed by atoms with Crippen LogP contribution in [0.2, 0.25) is 0 Å². The SMILES string of the molecule is Cc1ccc(-c2cccc3c2-c2ccccc2C32c3ccccc3-c3ccccc32)c(N(c2ccc(-c3ccccc3)cc2)c2ccc3c(c2)C(c2ccccc2)(c2ccccc2)c2ccccc2-3)c1. The minimum absolute atomic E-state index is 0.444. The van der Waals surface area contributed by atoms with Crippen molar-refractivity contribution >= 4 is 17.1 Å². The molecule has 14 rings (SSSR count). The summed E-state index contributed by atoms with van der Waals surface area (Å²) in [7, 11) is 0. The van der Waals surface area contributed by atoms with Gasteiger partial charge >= 0.3 is 0 Å². The summed E-state index contributed by atoms with van der Waals surface area (Å²) in [5, 5.41) is 0. The molecule has 70 heavy (non-hydrogen) atoms. The van der Waals surface area contributed by atoms with Gasteiger partial charge in [-0.25, -0.2) is 0 Å². The molecule has 0 bridgehead atoms. The summed E-state index contributed by atoms with van der Waals surface area (Å²) in [6, 6.07) is 99.9. The normalized spacial score (nSPS) is 13.7. The van der Waals surface area contributed by atoms with Crippen LogP contribution in [-0.2, 0) is 10.8 Å². The van der Waals surface area contributed by atoms with Crippen LogP contribution in [-0.4, -0.2) is 0 Å². The molecule has 0 aliphatic heterocycles. The fraction of sp³-hybridized carbons (Fsp3) is 0.0435. The Balaban J connectivity index is 1.04. The van der Waals surface area contributed by atoms with Crippen LogP contribution in [0, 0.1) is 6.92 Å². The lowest BCUT2D eigenvalue weighted by molar-refractivity contribution is 0.768. The smallest absolute Gasteiger partial charge is 0.0725 e. The first-order valence-corrected chi connectivity index (χ1v) is 24.5. The first-order valence-electron chi connectivity index (χ1n) is 24.5. The molecule has 3 aliphatic rings. The first-order chi connectivity index (χ1) is 34.7. The highest BCUT2D eigenvalue weighted by atomic mass is 15.1. The van der Waals surface area contributed by atoms with E-state index in [9.17, 15) is 0 Å². The lowest BCUT2D eigenvalue weighted by atomic mass is 9.67. The van der Waals surface area contributed by atoms with Gasteiger partial charge in [0.1, 0.15) is 0 Å². The predicted octanol–water partition coefficient (Wildman–Crippen LogP) is 17.5. The Morgan fingerprint density at radius 3 is 1.30 bits per heavy atom. The molecule has 1 heteroatoms. The molecule has 0 amide bonds. The van der Waals surface area contributed by atoms with Crippen LogP contribution in [0.15, 0.2) is 267 Å². The van der Waals surface area contributed by atoms with Crippen LogP contribution >= 0.6 is 0 Å². The molecule has 3 aliphatic carbocycles. The molecule has 1 nitrogen and oxygen atoms in total. The fourth-order valence-corrected chi connectivity index (χ4v) is 12.9. The van der Waals surface area contributed by atoms with Gasteiger partial charge in [0.15, 0.2) is 0 Å². The van der Waals surface area contributed by atoms with Gasteiger partial charge in [0.2, 0.25) is 0 Å². The van der Waals surface area contributed by atoms with Gasteiger partial charge in [-0.3, -0.25) is 0 Å². The topological polar surface area (TPSA) is 3.24 Å². The zero-order valence-electron chi connectivity index (χ0n) is 38.9. The first kappa shape index (κ1) is 40.3. The maximum atomic E-state index is 2.53. The molecule has 1 spiro atoms. The van der Waals surface area contributed by atoms with Crippen molar-refractivity contribution in [3.63, 3.8) is 0 Å². The second kappa shape index (κ2) is 15.6. The molecule has 0 radical (unpaired) electrons. The average Bonchev–Trinajstić information content (AvgIpc) is 4.02. The van der Waals surface area contributed by atoms with Gasteiger partial charge in [-0.15, -0.1) is 0 Å². The molecule has 0 unspecified atom stereocenters. The molecule has 11 aromatic rings. The van der Waals surface area contributed by atoms with Crippen molar-refractivity contribution in [1.82, 2.24) is 0 Å². The third-order valence-corrected chi connectivity index (χ3v) is 15.6. The summed E-state index contributed by atoms with van der Waals surface area (Å²) in [6.45, 7) is 2.23. The van der Waals surface area contributed by atoms with Gasteiger partial charge in [-0.05, 0) is 137 Å². The monoisotopic (exact) mass is 889 g/mol. The third kappa shape index (κ3) is 5.61. The summed E-state index contributed by atoms with van der Waals surface area (Å²) in [5.41, 5.74) is 26.5. The van der Waals surface area contributed by atoms with E-state index in [4.69, 9.17) is 0 Å². The molecule has 0 heterocycles. The zero-order chi connectivity index (χ0) is 46.4. The van der Waals surface area contributed by atoms with E-state index >= 15 is 0 Å². The van der Waals surface area contributed by atoms with E-state index in [1.807, 2.05) is 0 Å². The molecular weight excluding hydrogens is 843 g/mol. The lowest BCUT2D eigenvalue weighted by Crippen LogP contribution is -2.28. The highest BCUT2D eigenvalue weighted by Crippen LogP contribution is 2.65. The Bertz CT molecular complexity index is 3740. The summed E-state index contributed by atoms with van der Waals surface area (Å²) < 4.78 is 0. The van der Waals surface area contributed by atoms with Crippen LogP contribution in [0.1, 0.15) is 50.1 Å². The third-order valence-electron chi connectivity index (χ3n) is 15.6. The Hall–Kier alpha value is -8.78. The minimum Gasteiger partial charge on any atom is -0.310 e. The van der Waals surface area contributed by atoms with E-state index < -0.39 is 10.8 Å². The van der Waals surface area contributed by atoms with Gasteiger partial charge in [0.25, 0.3) is 0 Å². The standard InChI is InChI=1S/C69H47N/c1-46-36-42-57(58-30-19-35-64-67(58)59-29-14-18-34-63(59)69(64)61-32-16-12-26-53(61)54-27-13-17-33-62(54)69)66(44-46)70(51-39-37-48(38-40-51)47-20-5-2-6-21-47)52-41-43-56-55-28-11-15-31-60(55)68(65(56)45-52,49-22-7-3-8-23-49)50-24-9-4-10-25-50/h2-45H,1H3. The van der Waals surface area contributed by atoms with Crippen molar-refractivity contribution < 1.29 is 0 Å². The van der Waals surface area contributed by atoms with Crippen LogP contribution in [0.25, 0.3) is 55.6 Å². The Morgan fingerprint density at radius 2 is 0.700 bits per heavy atom. The highest BCUT2D eigenvalue weighted by molar-refractivity contribution is 6.03. The summed E-state index contributed by atoms with van der Waals surface area (Å²) in [6.07, 6.45) is 0. The average molecular weight is 890 g/mol. The quantitative estimate of drug-likeness (QED) is 0.154. The largest absolute Gasteiger partial charge is 0.310 e. The van der Waals surface area contributed by atoms with Crippen molar-refractivity contribution in [3.8, 4) is 55.6 Å². The predicted molar refractivity (Wildman–Crippen MR) is 290 cm³/mol. The van der Waals surface area contributed by atoms with E-state index in [2.05, 4.69) is 279 Å². The second-order valence-corrected chi connectivity index (χ2v) is 19.1. The van der Waals surface area contributed by atoms with E-state index in [0.717, 1.165) is 17.1 Å². The minimum atomic E-state index is -0.547. The number of aryl methyl sites for hydroxylation is 1. The Kier molecular flexibility index (Phi) is 9.00. The molecule has 0 atom stereocenters. The van der Waals surface area contributed by atoms with Crippen molar-refractivity contribution in [2.24, 2.45) is 0 Å². The van der Waals surface area contributed by atoms with Gasteiger partial charge in [-0.1, -0.05) is 237 Å². The summed E-state index contributed by atoms with van der Waals surface area (Å²) in [5.74, 6) is 0. The Morgan fingerprint density at radius 1 is 0.271 bits per heavy atom. The van der Waals surface area contributed by atoms with Crippen molar-refractivity contribution in [3.05, 3.63) is 317 Å². The maximum Gasteiger partial charge on any atom is 0.0725 e. The second-order valence-electron chi connectivity index (χ2n) is 19.1. The maximum absolute atomic E-state index is 2.53. The highest BCUT2D eigenvalue weighted by Gasteiger charge is 2.52. The number of anilines is 3. The number of hydrogen-bond acceptors (Lipinski definition) is 1. The van der Waals surface area contributed by atoms with E-state index in [1.54, 1.807) is 0 Å². The number of hydrogen-bond donors (Lipinski definition) is 0. The number of benzene rings is 11. The molecule has 0 saturated carbocycles. The zero-order valence-corrected chi connectivity index (χ0v) is 38.9. The van der Waals surface area contributed by atoms with Gasteiger partial charge in [0, 0.05) is 16.9 Å². The summed E-state index contributed by atoms with van der Waals surface area (Å²) in [4.78, 5) is 2.53. The van der Waals surface area contributed by atoms with Gasteiger partial charge in [0.05, 0.1) is 16.5 Å². The van der Waals surface area contributed by atoms with Crippen LogP contribution in [0.3, 0.4) is 0 Å². The van der Waals surface area contributed by atoms with Gasteiger partial charge < -0.3 is 4.90 Å². The van der Waals surface area contributed by atoms with E-state index in [-0.39, 0.29) is 0 Å². The molecule has 0 saturated heterocycles. The number of rotatable bonds is 7. The Labute approximate surface area is 410 Å². The molecule has 328 valence electrons. The molecule has 0 fully saturated rings. The fourth-order valence-electron chi connectivity index (χ4n) is 12.9.